The number of hydrogen-bond donors (Lipinski definition) is 2. The molecule has 3 heterocycles. The molecule has 1 aliphatic heterocycles. The third-order valence-corrected chi connectivity index (χ3v) is 9.31. The molecular weight excluding hydrogens is 574 g/mol. The van der Waals surface area contributed by atoms with E-state index in [0.717, 1.165) is 47.0 Å². The molecule has 0 aliphatic carbocycles. The van der Waals surface area contributed by atoms with Crippen LogP contribution in [0, 0.1) is 6.92 Å². The predicted molar refractivity (Wildman–Crippen MR) is 172 cm³/mol. The zero-order chi connectivity index (χ0) is 30.5. The van der Waals surface area contributed by atoms with Crippen LogP contribution in [0.15, 0.2) is 91.3 Å². The summed E-state index contributed by atoms with van der Waals surface area (Å²) in [5.41, 5.74) is 3.79. The van der Waals surface area contributed by atoms with E-state index in [2.05, 4.69) is 20.6 Å². The summed E-state index contributed by atoms with van der Waals surface area (Å²) in [5.74, 6) is 1.44. The third-order valence-electron chi connectivity index (χ3n) is 7.78. The maximum Gasteiger partial charge on any atom is 0.228 e. The highest BCUT2D eigenvalue weighted by Gasteiger charge is 2.23. The summed E-state index contributed by atoms with van der Waals surface area (Å²) >= 11 is 0. The molecule has 2 atom stereocenters. The minimum atomic E-state index is -3.41. The molecule has 5 aromatic rings. The maximum absolute atomic E-state index is 13.2. The molecule has 1 fully saturated rings. The van der Waals surface area contributed by atoms with E-state index in [1.54, 1.807) is 19.5 Å². The average molecular weight is 610 g/mol. The lowest BCUT2D eigenvalue weighted by atomic mass is 10.0. The predicted octanol–water partition coefficient (Wildman–Crippen LogP) is 5.70. The SMILES string of the molecule is CO[C@H]1CNC[C@@H](Nc2nccc(-c3cccnc3Oc3c(C)ccc4c(CS(=O)(=O)Cc5ccccc5)cccc34)n2)C1. The lowest BCUT2D eigenvalue weighted by Gasteiger charge is -2.29. The first-order chi connectivity index (χ1) is 21.4. The van der Waals surface area contributed by atoms with Gasteiger partial charge >= 0.3 is 0 Å². The van der Waals surface area contributed by atoms with Crippen LogP contribution in [-0.4, -0.2) is 55.7 Å². The van der Waals surface area contributed by atoms with Gasteiger partial charge in [0, 0.05) is 44.0 Å². The van der Waals surface area contributed by atoms with Crippen LogP contribution in [0.5, 0.6) is 11.6 Å². The molecule has 226 valence electrons. The topological polar surface area (TPSA) is 115 Å². The standard InChI is InChI=1S/C34H35N5O4S/c1-23-13-14-28-25(22-44(40,41)21-24-8-4-3-5-9-24)10-6-11-29(28)32(23)43-33-30(12-7-16-36-33)31-15-17-37-34(39-31)38-26-18-27(42-2)20-35-19-26/h3-17,26-27,35H,18-22H2,1-2H3,(H,37,38,39)/t26-,27+/m0/s1. The molecule has 1 aliphatic rings. The number of ether oxygens (including phenoxy) is 2. The fourth-order valence-electron chi connectivity index (χ4n) is 5.60. The van der Waals surface area contributed by atoms with Crippen molar-refractivity contribution in [3.05, 3.63) is 108 Å². The number of fused-ring (bicyclic) bond motifs is 1. The van der Waals surface area contributed by atoms with Crippen molar-refractivity contribution >= 4 is 26.6 Å². The van der Waals surface area contributed by atoms with Gasteiger partial charge in [0.1, 0.15) is 5.75 Å². The fourth-order valence-corrected chi connectivity index (χ4v) is 7.13. The second kappa shape index (κ2) is 13.1. The number of sulfone groups is 1. The van der Waals surface area contributed by atoms with Crippen LogP contribution < -0.4 is 15.4 Å². The zero-order valence-electron chi connectivity index (χ0n) is 24.7. The van der Waals surface area contributed by atoms with E-state index < -0.39 is 9.84 Å². The molecule has 0 radical (unpaired) electrons. The Bertz CT molecular complexity index is 1870. The molecule has 1 saturated heterocycles. The highest BCUT2D eigenvalue weighted by atomic mass is 32.2. The number of pyridine rings is 1. The number of hydrogen-bond acceptors (Lipinski definition) is 9. The van der Waals surface area contributed by atoms with Crippen molar-refractivity contribution in [2.75, 3.05) is 25.5 Å². The Morgan fingerprint density at radius 1 is 0.886 bits per heavy atom. The first kappa shape index (κ1) is 29.7. The Morgan fingerprint density at radius 2 is 1.75 bits per heavy atom. The highest BCUT2D eigenvalue weighted by molar-refractivity contribution is 7.89. The van der Waals surface area contributed by atoms with Crippen molar-refractivity contribution in [3.63, 3.8) is 0 Å². The molecule has 10 heteroatoms. The Morgan fingerprint density at radius 3 is 2.59 bits per heavy atom. The van der Waals surface area contributed by atoms with Crippen LogP contribution in [-0.2, 0) is 26.1 Å². The summed E-state index contributed by atoms with van der Waals surface area (Å²) in [7, 11) is -1.68. The van der Waals surface area contributed by atoms with E-state index in [9.17, 15) is 8.42 Å². The van der Waals surface area contributed by atoms with E-state index in [1.807, 2.05) is 85.8 Å². The van der Waals surface area contributed by atoms with Crippen LogP contribution in [0.25, 0.3) is 22.0 Å². The van der Waals surface area contributed by atoms with Gasteiger partial charge in [-0.25, -0.2) is 23.4 Å². The average Bonchev–Trinajstić information content (AvgIpc) is 3.03. The minimum Gasteiger partial charge on any atom is -0.437 e. The maximum atomic E-state index is 13.2. The molecule has 0 amide bonds. The summed E-state index contributed by atoms with van der Waals surface area (Å²) in [6.07, 6.45) is 4.39. The lowest BCUT2D eigenvalue weighted by Crippen LogP contribution is -2.46. The highest BCUT2D eigenvalue weighted by Crippen LogP contribution is 2.38. The van der Waals surface area contributed by atoms with Gasteiger partial charge in [0.05, 0.1) is 28.9 Å². The van der Waals surface area contributed by atoms with Gasteiger partial charge in [-0.05, 0) is 53.6 Å². The Hall–Kier alpha value is -4.38. The number of methoxy groups -OCH3 is 1. The molecule has 0 saturated carbocycles. The molecule has 2 aromatic heterocycles. The van der Waals surface area contributed by atoms with Gasteiger partial charge in [-0.2, -0.15) is 0 Å². The zero-order valence-corrected chi connectivity index (χ0v) is 25.5. The summed E-state index contributed by atoms with van der Waals surface area (Å²) in [6.45, 7) is 3.59. The van der Waals surface area contributed by atoms with E-state index in [4.69, 9.17) is 14.5 Å². The van der Waals surface area contributed by atoms with Gasteiger partial charge < -0.3 is 20.1 Å². The second-order valence-corrected chi connectivity index (χ2v) is 13.1. The first-order valence-electron chi connectivity index (χ1n) is 14.6. The van der Waals surface area contributed by atoms with Crippen molar-refractivity contribution in [1.82, 2.24) is 20.3 Å². The van der Waals surface area contributed by atoms with Crippen molar-refractivity contribution in [2.45, 2.75) is 37.0 Å². The summed E-state index contributed by atoms with van der Waals surface area (Å²) in [5, 5.41) is 8.44. The number of nitrogens with zero attached hydrogens (tertiary/aromatic N) is 3. The van der Waals surface area contributed by atoms with E-state index in [0.29, 0.717) is 28.8 Å². The number of piperidine rings is 1. The number of aryl methyl sites for hydroxylation is 1. The Labute approximate surface area is 257 Å². The number of rotatable bonds is 10. The molecule has 6 rings (SSSR count). The molecule has 9 nitrogen and oxygen atoms in total. The largest absolute Gasteiger partial charge is 0.437 e. The smallest absolute Gasteiger partial charge is 0.228 e. The van der Waals surface area contributed by atoms with Gasteiger partial charge in [-0.1, -0.05) is 60.7 Å². The Balaban J connectivity index is 1.28. The lowest BCUT2D eigenvalue weighted by molar-refractivity contribution is 0.0770. The summed E-state index contributed by atoms with van der Waals surface area (Å²) < 4.78 is 38.4. The van der Waals surface area contributed by atoms with Crippen molar-refractivity contribution in [2.24, 2.45) is 0 Å². The van der Waals surface area contributed by atoms with Crippen LogP contribution in [0.1, 0.15) is 23.1 Å². The molecule has 0 bridgehead atoms. The Kier molecular flexibility index (Phi) is 8.83. The van der Waals surface area contributed by atoms with Crippen LogP contribution in [0.2, 0.25) is 0 Å². The number of aromatic nitrogens is 3. The first-order valence-corrected chi connectivity index (χ1v) is 16.4. The molecular formula is C34H35N5O4S. The number of benzene rings is 3. The van der Waals surface area contributed by atoms with E-state index >= 15 is 0 Å². The number of nitrogens with one attached hydrogen (secondary N) is 2. The normalized spacial score (nSPS) is 17.0. The monoisotopic (exact) mass is 609 g/mol. The van der Waals surface area contributed by atoms with Gasteiger partial charge in [0.15, 0.2) is 9.84 Å². The van der Waals surface area contributed by atoms with Crippen molar-refractivity contribution in [3.8, 4) is 22.9 Å². The van der Waals surface area contributed by atoms with Crippen LogP contribution >= 0.6 is 0 Å². The third kappa shape index (κ3) is 6.88. The van der Waals surface area contributed by atoms with Gasteiger partial charge in [0.2, 0.25) is 11.8 Å². The van der Waals surface area contributed by atoms with Crippen molar-refractivity contribution in [1.29, 1.82) is 0 Å². The van der Waals surface area contributed by atoms with E-state index in [1.165, 1.54) is 0 Å². The fraction of sp³-hybridized carbons (Fsp3) is 0.265. The van der Waals surface area contributed by atoms with Crippen LogP contribution in [0.3, 0.4) is 0 Å². The summed E-state index contributed by atoms with van der Waals surface area (Å²) in [6, 6.07) is 24.6. The molecule has 0 spiro atoms. The molecule has 44 heavy (non-hydrogen) atoms. The van der Waals surface area contributed by atoms with Gasteiger partial charge in [-0.3, -0.25) is 0 Å². The molecule has 2 N–H and O–H groups in total. The molecule has 0 unspecified atom stereocenters. The van der Waals surface area contributed by atoms with Gasteiger partial charge in [0.25, 0.3) is 0 Å². The number of anilines is 1. The van der Waals surface area contributed by atoms with E-state index in [-0.39, 0.29) is 23.7 Å². The minimum absolute atomic E-state index is 0.0171. The second-order valence-electron chi connectivity index (χ2n) is 11.1. The summed E-state index contributed by atoms with van der Waals surface area (Å²) in [4.78, 5) is 13.8. The quantitative estimate of drug-likeness (QED) is 0.206. The van der Waals surface area contributed by atoms with Crippen molar-refractivity contribution < 1.29 is 17.9 Å². The van der Waals surface area contributed by atoms with Gasteiger partial charge in [-0.15, -0.1) is 0 Å². The van der Waals surface area contributed by atoms with Crippen LogP contribution in [0.4, 0.5) is 5.95 Å². The molecule has 3 aromatic carbocycles.